The molecule has 1 rings (SSSR count). The van der Waals surface area contributed by atoms with E-state index in [4.69, 9.17) is 5.11 Å². The molecule has 0 saturated heterocycles. The highest BCUT2D eigenvalue weighted by atomic mass is 16.4. The zero-order valence-electron chi connectivity index (χ0n) is 9.85. The molecule has 0 unspecified atom stereocenters. The van der Waals surface area contributed by atoms with Crippen LogP contribution in [0.1, 0.15) is 39.0 Å². The molecule has 0 aromatic heterocycles. The minimum absolute atomic E-state index is 0.109. The van der Waals surface area contributed by atoms with Gasteiger partial charge in [-0.25, -0.2) is 9.79 Å². The molecular formula is C12H16N2O3. The average molecular weight is 236 g/mol. The lowest BCUT2D eigenvalue weighted by Crippen LogP contribution is -2.04. The van der Waals surface area contributed by atoms with E-state index in [0.717, 1.165) is 31.8 Å². The molecule has 0 atom stereocenters. The maximum Gasteiger partial charge on any atom is 0.328 e. The van der Waals surface area contributed by atoms with Crippen LogP contribution in [0.5, 0.6) is 0 Å². The number of rotatable bonds is 7. The van der Waals surface area contributed by atoms with Crippen LogP contribution in [0.2, 0.25) is 0 Å². The number of amides is 1. The number of carbonyl (C=O) groups is 2. The fraction of sp³-hybridized carbons (Fsp3) is 0.500. The Morgan fingerprint density at radius 1 is 1.29 bits per heavy atom. The van der Waals surface area contributed by atoms with Gasteiger partial charge in [0, 0.05) is 12.5 Å². The number of nitrogens with zero attached hydrogens (tertiary/aromatic N) is 2. The molecule has 0 aliphatic carbocycles. The molecule has 17 heavy (non-hydrogen) atoms. The van der Waals surface area contributed by atoms with Gasteiger partial charge >= 0.3 is 5.97 Å². The van der Waals surface area contributed by atoms with Crippen molar-refractivity contribution in [3.63, 3.8) is 0 Å². The molecule has 1 aliphatic rings. The molecule has 0 saturated carbocycles. The Kier molecular flexibility index (Phi) is 5.26. The molecule has 1 amide bonds. The molecule has 1 N–H and O–H groups in total. The summed E-state index contributed by atoms with van der Waals surface area (Å²) < 4.78 is 0. The van der Waals surface area contributed by atoms with Crippen LogP contribution in [-0.2, 0) is 9.59 Å². The lowest BCUT2D eigenvalue weighted by atomic mass is 10.1. The fourth-order valence-electron chi connectivity index (χ4n) is 1.47. The first-order valence-corrected chi connectivity index (χ1v) is 5.75. The molecular weight excluding hydrogens is 220 g/mol. The summed E-state index contributed by atoms with van der Waals surface area (Å²) in [7, 11) is 0. The molecule has 0 fully saturated rings. The Hall–Kier alpha value is -1.78. The summed E-state index contributed by atoms with van der Waals surface area (Å²) in [6.45, 7) is 2.13. The minimum atomic E-state index is -1.10. The Balaban J connectivity index is 2.45. The highest BCUT2D eigenvalue weighted by Gasteiger charge is 2.16. The Bertz CT molecular complexity index is 395. The summed E-state index contributed by atoms with van der Waals surface area (Å²) in [5.74, 6) is -1.04. The first kappa shape index (κ1) is 13.3. The summed E-state index contributed by atoms with van der Waals surface area (Å²) in [5, 5.41) is 8.44. The predicted molar refractivity (Wildman–Crippen MR) is 65.4 cm³/mol. The van der Waals surface area contributed by atoms with Gasteiger partial charge in [-0.1, -0.05) is 26.2 Å². The first-order chi connectivity index (χ1) is 8.13. The van der Waals surface area contributed by atoms with Gasteiger partial charge in [0.15, 0.2) is 0 Å². The van der Waals surface area contributed by atoms with E-state index >= 15 is 0 Å². The van der Waals surface area contributed by atoms with Gasteiger partial charge in [-0.3, -0.25) is 4.79 Å². The van der Waals surface area contributed by atoms with E-state index in [1.54, 1.807) is 0 Å². The van der Waals surface area contributed by atoms with Crippen LogP contribution in [0.25, 0.3) is 0 Å². The summed E-state index contributed by atoms with van der Waals surface area (Å²) in [6, 6.07) is 0. The lowest BCUT2D eigenvalue weighted by molar-refractivity contribution is -0.131. The summed E-state index contributed by atoms with van der Waals surface area (Å²) >= 11 is 0. The zero-order valence-corrected chi connectivity index (χ0v) is 9.85. The molecule has 5 nitrogen and oxygen atoms in total. The molecule has 0 spiro atoms. The second-order valence-electron chi connectivity index (χ2n) is 3.81. The van der Waals surface area contributed by atoms with E-state index in [1.807, 2.05) is 0 Å². The number of carbonyl (C=O) groups excluding carboxylic acids is 1. The number of carboxylic acid groups (broad SMARTS) is 1. The fourth-order valence-corrected chi connectivity index (χ4v) is 1.47. The van der Waals surface area contributed by atoms with Crippen molar-refractivity contribution in [3.05, 3.63) is 12.2 Å². The van der Waals surface area contributed by atoms with E-state index in [0.29, 0.717) is 12.3 Å². The van der Waals surface area contributed by atoms with Gasteiger partial charge in [0.1, 0.15) is 11.5 Å². The number of amidine groups is 1. The van der Waals surface area contributed by atoms with Crippen LogP contribution >= 0.6 is 0 Å². The smallest absolute Gasteiger partial charge is 0.328 e. The highest BCUT2D eigenvalue weighted by Crippen LogP contribution is 2.09. The van der Waals surface area contributed by atoms with Crippen LogP contribution < -0.4 is 0 Å². The van der Waals surface area contributed by atoms with Crippen molar-refractivity contribution < 1.29 is 14.7 Å². The van der Waals surface area contributed by atoms with Gasteiger partial charge in [-0.05, 0) is 12.5 Å². The minimum Gasteiger partial charge on any atom is -0.478 e. The van der Waals surface area contributed by atoms with Crippen molar-refractivity contribution in [1.82, 2.24) is 0 Å². The standard InChI is InChI=1S/C12H16N2O3/c1-2-3-4-5-6-10-13-9(12(17)14-10)7-8-11(15)16/h7-8H,2-6H2,1H3,(H,15,16). The second-order valence-corrected chi connectivity index (χ2v) is 3.81. The van der Waals surface area contributed by atoms with E-state index in [2.05, 4.69) is 16.9 Å². The van der Waals surface area contributed by atoms with Crippen molar-refractivity contribution in [2.45, 2.75) is 39.0 Å². The number of carboxylic acids is 1. The SMILES string of the molecule is CCCCCCC1=NC(=O)C(C=CC(=O)O)=N1. The van der Waals surface area contributed by atoms with E-state index in [-0.39, 0.29) is 5.71 Å². The number of hydrogen-bond acceptors (Lipinski definition) is 3. The Labute approximate surface area is 100.0 Å². The third-order valence-corrected chi connectivity index (χ3v) is 2.34. The first-order valence-electron chi connectivity index (χ1n) is 5.75. The predicted octanol–water partition coefficient (Wildman–Crippen LogP) is 1.98. The van der Waals surface area contributed by atoms with Crippen LogP contribution in [0.3, 0.4) is 0 Å². The molecule has 0 bridgehead atoms. The maximum absolute atomic E-state index is 11.3. The molecule has 0 aromatic rings. The molecule has 0 aromatic carbocycles. The van der Waals surface area contributed by atoms with Crippen molar-refractivity contribution in [2.75, 3.05) is 0 Å². The van der Waals surface area contributed by atoms with Crippen molar-refractivity contribution >= 4 is 23.4 Å². The van der Waals surface area contributed by atoms with Crippen molar-refractivity contribution in [1.29, 1.82) is 0 Å². The third-order valence-electron chi connectivity index (χ3n) is 2.34. The van der Waals surface area contributed by atoms with E-state index in [9.17, 15) is 9.59 Å². The normalized spacial score (nSPS) is 15.2. The number of aliphatic imine (C=N–C) groups is 2. The quantitative estimate of drug-likeness (QED) is 0.542. The Morgan fingerprint density at radius 3 is 2.71 bits per heavy atom. The van der Waals surface area contributed by atoms with Gasteiger partial charge in [0.2, 0.25) is 0 Å². The summed E-state index contributed by atoms with van der Waals surface area (Å²) in [6.07, 6.45) is 7.13. The molecule has 92 valence electrons. The molecule has 0 radical (unpaired) electrons. The number of unbranched alkanes of at least 4 members (excludes halogenated alkanes) is 3. The average Bonchev–Trinajstić information content (AvgIpc) is 2.63. The van der Waals surface area contributed by atoms with Gasteiger partial charge in [-0.15, -0.1) is 0 Å². The highest BCUT2D eigenvalue weighted by molar-refractivity contribution is 6.49. The molecule has 1 aliphatic heterocycles. The monoisotopic (exact) mass is 236 g/mol. The summed E-state index contributed by atoms with van der Waals surface area (Å²) in [5.41, 5.74) is 0.109. The van der Waals surface area contributed by atoms with Crippen LogP contribution in [0.15, 0.2) is 22.1 Å². The number of hydrogen-bond donors (Lipinski definition) is 1. The topological polar surface area (TPSA) is 79.1 Å². The third kappa shape index (κ3) is 4.72. The molecule has 5 heteroatoms. The lowest BCUT2D eigenvalue weighted by Gasteiger charge is -1.96. The van der Waals surface area contributed by atoms with Gasteiger partial charge in [0.05, 0.1) is 0 Å². The summed E-state index contributed by atoms with van der Waals surface area (Å²) in [4.78, 5) is 29.4. The van der Waals surface area contributed by atoms with Crippen molar-refractivity contribution in [2.24, 2.45) is 9.98 Å². The van der Waals surface area contributed by atoms with E-state index in [1.165, 1.54) is 6.08 Å². The van der Waals surface area contributed by atoms with Crippen LogP contribution in [0, 0.1) is 0 Å². The maximum atomic E-state index is 11.3. The van der Waals surface area contributed by atoms with Crippen molar-refractivity contribution in [3.8, 4) is 0 Å². The Morgan fingerprint density at radius 2 is 2.06 bits per heavy atom. The second kappa shape index (κ2) is 6.73. The van der Waals surface area contributed by atoms with Gasteiger partial charge in [0.25, 0.3) is 5.91 Å². The van der Waals surface area contributed by atoms with Gasteiger partial charge < -0.3 is 5.11 Å². The van der Waals surface area contributed by atoms with Crippen LogP contribution in [-0.4, -0.2) is 28.5 Å². The van der Waals surface area contributed by atoms with Crippen LogP contribution in [0.4, 0.5) is 0 Å². The van der Waals surface area contributed by atoms with Gasteiger partial charge in [-0.2, -0.15) is 4.99 Å². The number of aliphatic carboxylic acids is 1. The molecule has 1 heterocycles. The zero-order chi connectivity index (χ0) is 12.7. The van der Waals surface area contributed by atoms with E-state index < -0.39 is 11.9 Å². The largest absolute Gasteiger partial charge is 0.478 e.